The second-order valence-electron chi connectivity index (χ2n) is 7.94. The van der Waals surface area contributed by atoms with Crippen LogP contribution in [0.1, 0.15) is 50.5 Å². The van der Waals surface area contributed by atoms with Crippen LogP contribution in [0.5, 0.6) is 0 Å². The molecule has 0 radical (unpaired) electrons. The molecule has 0 fully saturated rings. The van der Waals surface area contributed by atoms with Gasteiger partial charge < -0.3 is 15.3 Å². The van der Waals surface area contributed by atoms with Crippen LogP contribution in [-0.2, 0) is 19.3 Å². The van der Waals surface area contributed by atoms with Crippen LogP contribution in [0.4, 0.5) is 23.4 Å². The van der Waals surface area contributed by atoms with Crippen molar-refractivity contribution in [3.05, 3.63) is 82.3 Å². The first kappa shape index (κ1) is 23.3. The molecule has 0 aliphatic carbocycles. The molecule has 1 amide bonds. The number of carboxylic acids is 1. The van der Waals surface area contributed by atoms with Gasteiger partial charge in [0.1, 0.15) is 17.2 Å². The van der Waals surface area contributed by atoms with Crippen LogP contribution in [0.3, 0.4) is 0 Å². The van der Waals surface area contributed by atoms with E-state index in [0.717, 1.165) is 4.68 Å². The second kappa shape index (κ2) is 8.81. The summed E-state index contributed by atoms with van der Waals surface area (Å²) in [5.74, 6) is -2.54. The van der Waals surface area contributed by atoms with E-state index in [4.69, 9.17) is 5.11 Å². The van der Waals surface area contributed by atoms with E-state index in [0.29, 0.717) is 17.7 Å². The number of fused-ring (bicyclic) bond motifs is 1. The van der Waals surface area contributed by atoms with E-state index in [1.165, 1.54) is 42.5 Å². The van der Waals surface area contributed by atoms with E-state index in [1.807, 2.05) is 0 Å². The van der Waals surface area contributed by atoms with Gasteiger partial charge in [0.15, 0.2) is 5.69 Å². The van der Waals surface area contributed by atoms with Crippen molar-refractivity contribution in [2.45, 2.75) is 32.2 Å². The summed E-state index contributed by atoms with van der Waals surface area (Å²) in [6.45, 7) is 2.14. The number of hydrogen-bond donors (Lipinski definition) is 2. The monoisotopic (exact) mass is 476 g/mol. The van der Waals surface area contributed by atoms with E-state index in [9.17, 15) is 27.2 Å². The molecular weight excluding hydrogens is 456 g/mol. The Labute approximate surface area is 191 Å². The summed E-state index contributed by atoms with van der Waals surface area (Å²) in [6.07, 6.45) is -4.86. The fourth-order valence-corrected chi connectivity index (χ4v) is 3.94. The topological polar surface area (TPSA) is 87.5 Å². The average molecular weight is 476 g/mol. The van der Waals surface area contributed by atoms with Gasteiger partial charge >= 0.3 is 12.1 Å². The van der Waals surface area contributed by atoms with Crippen LogP contribution >= 0.6 is 0 Å². The Morgan fingerprint density at radius 3 is 2.47 bits per heavy atom. The van der Waals surface area contributed by atoms with Crippen LogP contribution in [0, 0.1) is 5.82 Å². The van der Waals surface area contributed by atoms with Crippen molar-refractivity contribution in [1.29, 1.82) is 0 Å². The number of alkyl halides is 3. The molecule has 1 atom stereocenters. The zero-order valence-corrected chi connectivity index (χ0v) is 17.9. The van der Waals surface area contributed by atoms with Gasteiger partial charge in [0.2, 0.25) is 0 Å². The SMILES string of the molecule is C[C@H](NC(=O)c1c(C(F)(F)F)nn2c1N(Cc1cccc(F)c1)CC2)c1ccc(C(=O)O)cc1. The molecule has 2 N–H and O–H groups in total. The lowest BCUT2D eigenvalue weighted by atomic mass is 10.1. The number of nitrogens with zero attached hydrogens (tertiary/aromatic N) is 3. The fraction of sp³-hybridized carbons (Fsp3) is 0.261. The number of nitrogens with one attached hydrogen (secondary N) is 1. The van der Waals surface area contributed by atoms with Crippen molar-refractivity contribution >= 4 is 17.7 Å². The summed E-state index contributed by atoms with van der Waals surface area (Å²) >= 11 is 0. The van der Waals surface area contributed by atoms with Crippen LogP contribution < -0.4 is 10.2 Å². The maximum atomic E-state index is 13.8. The molecule has 34 heavy (non-hydrogen) atoms. The van der Waals surface area contributed by atoms with Crippen molar-refractivity contribution < 1.29 is 32.3 Å². The Balaban J connectivity index is 1.65. The minimum atomic E-state index is -4.86. The number of carboxylic acid groups (broad SMARTS) is 1. The largest absolute Gasteiger partial charge is 0.478 e. The van der Waals surface area contributed by atoms with E-state index in [2.05, 4.69) is 10.4 Å². The average Bonchev–Trinajstić information content (AvgIpc) is 3.34. The zero-order chi connectivity index (χ0) is 24.6. The Bertz CT molecular complexity index is 1240. The lowest BCUT2D eigenvalue weighted by Crippen LogP contribution is -2.31. The van der Waals surface area contributed by atoms with E-state index < -0.39 is 41.2 Å². The molecule has 1 aliphatic heterocycles. The molecule has 0 unspecified atom stereocenters. The molecule has 4 rings (SSSR count). The molecule has 0 saturated carbocycles. The summed E-state index contributed by atoms with van der Waals surface area (Å²) in [4.78, 5) is 25.7. The quantitative estimate of drug-likeness (QED) is 0.520. The second-order valence-corrected chi connectivity index (χ2v) is 7.94. The normalized spacial score (nSPS) is 14.1. The third kappa shape index (κ3) is 4.59. The minimum Gasteiger partial charge on any atom is -0.478 e. The summed E-state index contributed by atoms with van der Waals surface area (Å²) in [6, 6.07) is 10.7. The molecule has 3 aromatic rings. The first-order chi connectivity index (χ1) is 16.0. The van der Waals surface area contributed by atoms with Crippen molar-refractivity contribution in [1.82, 2.24) is 15.1 Å². The van der Waals surface area contributed by atoms with Gasteiger partial charge in [-0.25, -0.2) is 13.9 Å². The number of aromatic carboxylic acids is 1. The van der Waals surface area contributed by atoms with E-state index in [1.54, 1.807) is 17.9 Å². The zero-order valence-electron chi connectivity index (χ0n) is 17.9. The Hall–Kier alpha value is -3.89. The number of halogens is 4. The van der Waals surface area contributed by atoms with Crippen molar-refractivity contribution in [2.24, 2.45) is 0 Å². The number of benzene rings is 2. The van der Waals surface area contributed by atoms with E-state index in [-0.39, 0.29) is 24.5 Å². The predicted octanol–water partition coefficient (Wildman–Crippen LogP) is 4.25. The smallest absolute Gasteiger partial charge is 0.436 e. The fourth-order valence-electron chi connectivity index (χ4n) is 3.94. The van der Waals surface area contributed by atoms with Gasteiger partial charge in [0.05, 0.1) is 18.2 Å². The summed E-state index contributed by atoms with van der Waals surface area (Å²) < 4.78 is 56.1. The molecule has 178 valence electrons. The van der Waals surface area contributed by atoms with Crippen molar-refractivity contribution in [3.63, 3.8) is 0 Å². The highest BCUT2D eigenvalue weighted by Gasteiger charge is 2.44. The molecule has 2 heterocycles. The van der Waals surface area contributed by atoms with E-state index >= 15 is 0 Å². The van der Waals surface area contributed by atoms with Crippen molar-refractivity contribution in [3.8, 4) is 0 Å². The van der Waals surface area contributed by atoms with Crippen LogP contribution in [0.15, 0.2) is 48.5 Å². The first-order valence-electron chi connectivity index (χ1n) is 10.4. The molecule has 7 nitrogen and oxygen atoms in total. The third-order valence-corrected chi connectivity index (χ3v) is 5.57. The maximum Gasteiger partial charge on any atom is 0.436 e. The highest BCUT2D eigenvalue weighted by molar-refractivity contribution is 6.01. The van der Waals surface area contributed by atoms with Crippen LogP contribution in [-0.4, -0.2) is 33.3 Å². The highest BCUT2D eigenvalue weighted by atomic mass is 19.4. The maximum absolute atomic E-state index is 13.8. The molecule has 1 aromatic heterocycles. The Morgan fingerprint density at radius 2 is 1.85 bits per heavy atom. The third-order valence-electron chi connectivity index (χ3n) is 5.57. The predicted molar refractivity (Wildman–Crippen MR) is 114 cm³/mol. The molecule has 2 aromatic carbocycles. The minimum absolute atomic E-state index is 0.0162. The Morgan fingerprint density at radius 1 is 1.15 bits per heavy atom. The Kier molecular flexibility index (Phi) is 6.03. The number of rotatable bonds is 6. The summed E-state index contributed by atoms with van der Waals surface area (Å²) in [5.41, 5.74) is -0.786. The van der Waals surface area contributed by atoms with Gasteiger partial charge in [-0.05, 0) is 42.3 Å². The number of anilines is 1. The number of carbonyl (C=O) groups excluding carboxylic acids is 1. The highest BCUT2D eigenvalue weighted by Crippen LogP contribution is 2.38. The summed E-state index contributed by atoms with van der Waals surface area (Å²) in [5, 5.41) is 15.2. The van der Waals surface area contributed by atoms with Gasteiger partial charge in [-0.1, -0.05) is 24.3 Å². The molecular formula is C23H20F4N4O3. The van der Waals surface area contributed by atoms with Crippen LogP contribution in [0.25, 0.3) is 0 Å². The van der Waals surface area contributed by atoms with Gasteiger partial charge in [-0.2, -0.15) is 18.3 Å². The van der Waals surface area contributed by atoms with Gasteiger partial charge in [-0.3, -0.25) is 4.79 Å². The number of hydrogen-bond acceptors (Lipinski definition) is 4. The number of carbonyl (C=O) groups is 2. The lowest BCUT2D eigenvalue weighted by Gasteiger charge is -2.21. The lowest BCUT2D eigenvalue weighted by molar-refractivity contribution is -0.141. The van der Waals surface area contributed by atoms with Crippen LogP contribution in [0.2, 0.25) is 0 Å². The number of amides is 1. The molecule has 0 spiro atoms. The van der Waals surface area contributed by atoms with Gasteiger partial charge in [0, 0.05) is 13.1 Å². The molecule has 0 saturated heterocycles. The standard InChI is InChI=1S/C23H20F4N4O3/c1-13(15-5-7-16(8-6-15)22(33)34)28-20(32)18-19(23(25,26)27)29-31-10-9-30(21(18)31)12-14-3-2-4-17(24)11-14/h2-8,11,13H,9-10,12H2,1H3,(H,28,32)(H,33,34)/t13-/m0/s1. The molecule has 1 aliphatic rings. The molecule has 0 bridgehead atoms. The first-order valence-corrected chi connectivity index (χ1v) is 10.4. The van der Waals surface area contributed by atoms with Gasteiger partial charge in [0.25, 0.3) is 5.91 Å². The molecule has 11 heteroatoms. The summed E-state index contributed by atoms with van der Waals surface area (Å²) in [7, 11) is 0. The number of aromatic nitrogens is 2. The van der Waals surface area contributed by atoms with Crippen molar-refractivity contribution in [2.75, 3.05) is 11.4 Å². The van der Waals surface area contributed by atoms with Gasteiger partial charge in [-0.15, -0.1) is 0 Å².